The molecule has 0 fully saturated rings. The van der Waals surface area contributed by atoms with E-state index in [0.717, 1.165) is 109 Å². The predicted molar refractivity (Wildman–Crippen MR) is 297 cm³/mol. The fraction of sp³-hybridized carbons (Fsp3) is 0.714. The summed E-state index contributed by atoms with van der Waals surface area (Å²) < 4.78 is 17.4. The molecule has 0 aromatic carbocycles. The Morgan fingerprint density at radius 1 is 0.338 bits per heavy atom. The number of esters is 2. The maximum absolute atomic E-state index is 12.9. The lowest BCUT2D eigenvalue weighted by atomic mass is 10.1. The zero-order valence-corrected chi connectivity index (χ0v) is 44.8. The molecule has 390 valence electrons. The number of rotatable bonds is 52. The highest BCUT2D eigenvalue weighted by Crippen LogP contribution is 2.15. The number of ether oxygens (including phenoxy) is 3. The highest BCUT2D eigenvalue weighted by molar-refractivity contribution is 5.70. The highest BCUT2D eigenvalue weighted by Gasteiger charge is 2.17. The van der Waals surface area contributed by atoms with Crippen molar-refractivity contribution in [2.75, 3.05) is 19.8 Å². The molecule has 0 saturated carbocycles. The first kappa shape index (κ1) is 64.8. The number of carbonyl (C=O) groups is 2. The van der Waals surface area contributed by atoms with Crippen molar-refractivity contribution in [3.8, 4) is 0 Å². The monoisotopic (exact) mass is 945 g/mol. The molecule has 68 heavy (non-hydrogen) atoms. The summed E-state index contributed by atoms with van der Waals surface area (Å²) in [5.74, 6) is -0.426. The second-order valence-corrected chi connectivity index (χ2v) is 18.8. The Morgan fingerprint density at radius 3 is 1.07 bits per heavy atom. The summed E-state index contributed by atoms with van der Waals surface area (Å²) in [6.45, 7) is 7.55. The summed E-state index contributed by atoms with van der Waals surface area (Å²) in [5, 5.41) is 0. The minimum atomic E-state index is -0.561. The van der Waals surface area contributed by atoms with Gasteiger partial charge in [-0.05, 0) is 116 Å². The lowest BCUT2D eigenvalue weighted by Crippen LogP contribution is -2.30. The van der Waals surface area contributed by atoms with Crippen molar-refractivity contribution in [1.82, 2.24) is 0 Å². The zero-order chi connectivity index (χ0) is 49.2. The van der Waals surface area contributed by atoms with E-state index in [0.29, 0.717) is 19.4 Å². The molecular formula is C63H108O5. The van der Waals surface area contributed by atoms with Crippen LogP contribution in [0.15, 0.2) is 97.2 Å². The molecule has 5 heteroatoms. The lowest BCUT2D eigenvalue weighted by molar-refractivity contribution is -0.163. The summed E-state index contributed by atoms with van der Waals surface area (Å²) in [7, 11) is 0. The van der Waals surface area contributed by atoms with Crippen LogP contribution in [-0.2, 0) is 23.8 Å². The zero-order valence-electron chi connectivity index (χ0n) is 44.8. The third kappa shape index (κ3) is 55.4. The van der Waals surface area contributed by atoms with Crippen LogP contribution in [0.1, 0.15) is 265 Å². The molecule has 0 N–H and O–H groups in total. The van der Waals surface area contributed by atoms with Gasteiger partial charge in [-0.1, -0.05) is 234 Å². The van der Waals surface area contributed by atoms with Gasteiger partial charge in [0.15, 0.2) is 6.10 Å². The first-order chi connectivity index (χ1) is 33.6. The number of hydrogen-bond acceptors (Lipinski definition) is 5. The molecule has 1 unspecified atom stereocenters. The van der Waals surface area contributed by atoms with Crippen molar-refractivity contribution in [2.45, 2.75) is 271 Å². The number of hydrogen-bond donors (Lipinski definition) is 0. The van der Waals surface area contributed by atoms with E-state index in [1.54, 1.807) is 0 Å². The molecule has 0 aliphatic heterocycles. The standard InChI is InChI=1S/C63H108O5/c1-4-7-10-13-16-19-22-25-28-30-32-34-36-38-41-44-47-50-53-56-62(64)67-60-61(59-66-58-55-52-49-46-43-40-27-24-21-18-15-12-9-6-3)68-63(65)57-54-51-48-45-42-39-37-35-33-31-29-26-23-20-17-14-11-8-5-2/h7,9-10,12,16,18-19,21,25-29,32,34,40,61H,4-6,8,11,13-15,17,20,22-24,30-31,33,35-39,41-60H2,1-3H3/b10-7-,12-9-,19-16-,21-18-,28-25-,29-26-,34-32-,40-27-. The van der Waals surface area contributed by atoms with Gasteiger partial charge in [-0.2, -0.15) is 0 Å². The minimum Gasteiger partial charge on any atom is -0.462 e. The van der Waals surface area contributed by atoms with Crippen molar-refractivity contribution >= 4 is 11.9 Å². The topological polar surface area (TPSA) is 61.8 Å². The van der Waals surface area contributed by atoms with Gasteiger partial charge in [0.05, 0.1) is 6.61 Å². The smallest absolute Gasteiger partial charge is 0.306 e. The van der Waals surface area contributed by atoms with Crippen LogP contribution in [0, 0.1) is 0 Å². The molecule has 0 aromatic heterocycles. The van der Waals surface area contributed by atoms with Crippen molar-refractivity contribution in [3.05, 3.63) is 97.2 Å². The maximum Gasteiger partial charge on any atom is 0.306 e. The van der Waals surface area contributed by atoms with Crippen LogP contribution >= 0.6 is 0 Å². The number of allylic oxidation sites excluding steroid dienone is 16. The van der Waals surface area contributed by atoms with Crippen molar-refractivity contribution in [1.29, 1.82) is 0 Å². The molecule has 0 aromatic rings. The lowest BCUT2D eigenvalue weighted by Gasteiger charge is -2.18. The molecule has 0 radical (unpaired) electrons. The number of unbranched alkanes of at least 4 members (excludes halogenated alkanes) is 25. The van der Waals surface area contributed by atoms with E-state index in [1.807, 2.05) is 0 Å². The summed E-state index contributed by atoms with van der Waals surface area (Å²) in [4.78, 5) is 25.5. The first-order valence-electron chi connectivity index (χ1n) is 28.8. The van der Waals surface area contributed by atoms with Crippen LogP contribution in [0.4, 0.5) is 0 Å². The van der Waals surface area contributed by atoms with E-state index >= 15 is 0 Å². The second kappa shape index (κ2) is 58.1. The second-order valence-electron chi connectivity index (χ2n) is 18.8. The summed E-state index contributed by atoms with van der Waals surface area (Å²) in [6, 6.07) is 0. The van der Waals surface area contributed by atoms with Crippen LogP contribution < -0.4 is 0 Å². The van der Waals surface area contributed by atoms with Gasteiger partial charge in [0, 0.05) is 19.4 Å². The molecule has 0 amide bonds. The Hall–Kier alpha value is -3.18. The predicted octanol–water partition coefficient (Wildman–Crippen LogP) is 19.8. The van der Waals surface area contributed by atoms with Crippen molar-refractivity contribution < 1.29 is 23.8 Å². The van der Waals surface area contributed by atoms with Crippen molar-refractivity contribution in [2.24, 2.45) is 0 Å². The van der Waals surface area contributed by atoms with Crippen LogP contribution in [0.25, 0.3) is 0 Å². The van der Waals surface area contributed by atoms with E-state index in [-0.39, 0.29) is 25.2 Å². The van der Waals surface area contributed by atoms with E-state index in [2.05, 4.69) is 118 Å². The summed E-state index contributed by atoms with van der Waals surface area (Å²) >= 11 is 0. The summed E-state index contributed by atoms with van der Waals surface area (Å²) in [5.41, 5.74) is 0. The van der Waals surface area contributed by atoms with Gasteiger partial charge in [0.2, 0.25) is 0 Å². The Kier molecular flexibility index (Phi) is 55.4. The van der Waals surface area contributed by atoms with Gasteiger partial charge in [-0.15, -0.1) is 0 Å². The fourth-order valence-electron chi connectivity index (χ4n) is 7.86. The van der Waals surface area contributed by atoms with E-state index < -0.39 is 6.10 Å². The minimum absolute atomic E-state index is 0.0638. The van der Waals surface area contributed by atoms with Gasteiger partial charge in [0.25, 0.3) is 0 Å². The molecule has 0 spiro atoms. The van der Waals surface area contributed by atoms with Crippen LogP contribution in [-0.4, -0.2) is 37.9 Å². The SMILES string of the molecule is CC/C=C\C/C=C\C/C=C\C/C=C\CCCCCCCCC(=O)OCC(COCCCCCC/C=C\C/C=C\C/C=C\CC)OC(=O)CCCCCCCCCCC/C=C\CCCCCCCC. The maximum atomic E-state index is 12.9. The van der Waals surface area contributed by atoms with Crippen LogP contribution in [0.2, 0.25) is 0 Å². The average molecular weight is 946 g/mol. The normalized spacial score (nSPS) is 12.9. The largest absolute Gasteiger partial charge is 0.462 e. The van der Waals surface area contributed by atoms with Crippen molar-refractivity contribution in [3.63, 3.8) is 0 Å². The molecule has 0 saturated heterocycles. The number of carbonyl (C=O) groups excluding carboxylic acids is 2. The molecule has 0 aliphatic carbocycles. The molecule has 0 heterocycles. The highest BCUT2D eigenvalue weighted by atomic mass is 16.6. The van der Waals surface area contributed by atoms with Crippen LogP contribution in [0.5, 0.6) is 0 Å². The van der Waals surface area contributed by atoms with Crippen LogP contribution in [0.3, 0.4) is 0 Å². The Balaban J connectivity index is 4.32. The Bertz CT molecular complexity index is 1300. The van der Waals surface area contributed by atoms with Gasteiger partial charge >= 0.3 is 11.9 Å². The van der Waals surface area contributed by atoms with Gasteiger partial charge in [-0.3, -0.25) is 9.59 Å². The van der Waals surface area contributed by atoms with E-state index in [4.69, 9.17) is 14.2 Å². The third-order valence-electron chi connectivity index (χ3n) is 12.1. The van der Waals surface area contributed by atoms with Gasteiger partial charge < -0.3 is 14.2 Å². The average Bonchev–Trinajstić information content (AvgIpc) is 3.34. The summed E-state index contributed by atoms with van der Waals surface area (Å²) in [6.07, 6.45) is 78.6. The Labute approximate surface area is 422 Å². The fourth-order valence-corrected chi connectivity index (χ4v) is 7.86. The molecular weight excluding hydrogens is 837 g/mol. The molecule has 5 nitrogen and oxygen atoms in total. The van der Waals surface area contributed by atoms with Gasteiger partial charge in [0.1, 0.15) is 6.61 Å². The van der Waals surface area contributed by atoms with E-state index in [1.165, 1.54) is 122 Å². The molecule has 0 rings (SSSR count). The molecule has 0 bridgehead atoms. The molecule has 0 aliphatic rings. The third-order valence-corrected chi connectivity index (χ3v) is 12.1. The molecule has 1 atom stereocenters. The Morgan fingerprint density at radius 2 is 0.662 bits per heavy atom. The quantitative estimate of drug-likeness (QED) is 0.0345. The van der Waals surface area contributed by atoms with E-state index in [9.17, 15) is 9.59 Å². The first-order valence-corrected chi connectivity index (χ1v) is 28.8. The van der Waals surface area contributed by atoms with Gasteiger partial charge in [-0.25, -0.2) is 0 Å².